The van der Waals surface area contributed by atoms with Crippen molar-refractivity contribution in [1.29, 1.82) is 0 Å². The number of carbonyl (C=O) groups is 2. The fraction of sp³-hybridized carbons (Fsp3) is 0.273. The monoisotopic (exact) mass is 270 g/mol. The average Bonchev–Trinajstić information content (AvgIpc) is 2.14. The number of carboxylic acid groups (broad SMARTS) is 1. The molecule has 3 nitrogen and oxygen atoms in total. The lowest BCUT2D eigenvalue weighted by atomic mass is 10.0. The molecule has 0 radical (unpaired) electrons. The number of carboxylic acids is 1. The van der Waals surface area contributed by atoms with E-state index in [1.54, 1.807) is 25.1 Å². The van der Waals surface area contributed by atoms with Crippen LogP contribution in [0.4, 0.5) is 0 Å². The molecule has 1 rings (SSSR count). The number of Topliss-reactive ketones (excluding diaryl/α,β-unsaturated/α-hetero) is 1. The summed E-state index contributed by atoms with van der Waals surface area (Å²) in [5, 5.41) is 8.64. The highest BCUT2D eigenvalue weighted by Crippen LogP contribution is 2.17. The number of halogens is 1. The number of rotatable bonds is 4. The van der Waals surface area contributed by atoms with E-state index in [4.69, 9.17) is 5.11 Å². The summed E-state index contributed by atoms with van der Waals surface area (Å²) in [6, 6.07) is 5.04. The lowest BCUT2D eigenvalue weighted by Crippen LogP contribution is -2.03. The molecule has 15 heavy (non-hydrogen) atoms. The van der Waals surface area contributed by atoms with Crippen LogP contribution in [0.3, 0.4) is 0 Å². The van der Waals surface area contributed by atoms with Gasteiger partial charge in [0.1, 0.15) is 0 Å². The predicted molar refractivity (Wildman–Crippen MR) is 60.1 cm³/mol. The van der Waals surface area contributed by atoms with E-state index >= 15 is 0 Å². The molecule has 1 aromatic carbocycles. The Balaban J connectivity index is 3.04. The van der Waals surface area contributed by atoms with E-state index in [0.29, 0.717) is 17.5 Å². The van der Waals surface area contributed by atoms with Gasteiger partial charge in [-0.05, 0) is 23.8 Å². The van der Waals surface area contributed by atoms with Gasteiger partial charge in [-0.25, -0.2) is 0 Å². The van der Waals surface area contributed by atoms with Crippen LogP contribution in [0.25, 0.3) is 0 Å². The largest absolute Gasteiger partial charge is 0.481 e. The normalized spacial score (nSPS) is 10.0. The van der Waals surface area contributed by atoms with E-state index < -0.39 is 5.97 Å². The average molecular weight is 271 g/mol. The van der Waals surface area contributed by atoms with Crippen LogP contribution in [0.1, 0.15) is 29.3 Å². The van der Waals surface area contributed by atoms with E-state index in [2.05, 4.69) is 15.9 Å². The van der Waals surface area contributed by atoms with E-state index in [9.17, 15) is 9.59 Å². The first kappa shape index (κ1) is 11.9. The van der Waals surface area contributed by atoms with Crippen LogP contribution in [0.5, 0.6) is 0 Å². The minimum absolute atomic E-state index is 0.0166. The maximum atomic E-state index is 11.4. The Morgan fingerprint density at radius 1 is 1.33 bits per heavy atom. The van der Waals surface area contributed by atoms with Gasteiger partial charge >= 0.3 is 5.97 Å². The highest BCUT2D eigenvalue weighted by Gasteiger charge is 2.08. The maximum absolute atomic E-state index is 11.4. The number of hydrogen-bond acceptors (Lipinski definition) is 2. The summed E-state index contributed by atoms with van der Waals surface area (Å²) in [5.74, 6) is -0.883. The molecule has 1 aromatic rings. The molecule has 0 unspecified atom stereocenters. The molecule has 0 spiro atoms. The Bertz CT molecular complexity index is 399. The van der Waals surface area contributed by atoms with Crippen molar-refractivity contribution in [2.24, 2.45) is 0 Å². The second-order valence-corrected chi connectivity index (χ2v) is 4.11. The van der Waals surface area contributed by atoms with Crippen molar-refractivity contribution in [1.82, 2.24) is 0 Å². The first-order valence-electron chi connectivity index (χ1n) is 4.57. The number of benzene rings is 1. The van der Waals surface area contributed by atoms with E-state index in [1.807, 2.05) is 0 Å². The highest BCUT2D eigenvalue weighted by molar-refractivity contribution is 9.10. The number of aliphatic carboxylic acids is 1. The molecule has 0 aromatic heterocycles. The van der Waals surface area contributed by atoms with Crippen LogP contribution in [0.15, 0.2) is 22.7 Å². The fourth-order valence-corrected chi connectivity index (χ4v) is 1.83. The van der Waals surface area contributed by atoms with Crippen molar-refractivity contribution in [2.75, 3.05) is 0 Å². The summed E-state index contributed by atoms with van der Waals surface area (Å²) in [7, 11) is 0. The van der Waals surface area contributed by atoms with Crippen molar-refractivity contribution < 1.29 is 14.7 Å². The van der Waals surface area contributed by atoms with Gasteiger partial charge in [-0.15, -0.1) is 0 Å². The SMILES string of the molecule is CCC(=O)c1cc(Br)cc(CC(=O)O)c1. The van der Waals surface area contributed by atoms with E-state index in [1.165, 1.54) is 0 Å². The zero-order chi connectivity index (χ0) is 11.4. The summed E-state index contributed by atoms with van der Waals surface area (Å²) in [6.45, 7) is 1.78. The number of hydrogen-bond donors (Lipinski definition) is 1. The van der Waals surface area contributed by atoms with Gasteiger partial charge in [0.25, 0.3) is 0 Å². The zero-order valence-electron chi connectivity index (χ0n) is 8.29. The fourth-order valence-electron chi connectivity index (χ4n) is 1.29. The summed E-state index contributed by atoms with van der Waals surface area (Å²) in [6.07, 6.45) is 0.354. The Morgan fingerprint density at radius 2 is 2.00 bits per heavy atom. The van der Waals surface area contributed by atoms with Crippen LogP contribution in [-0.4, -0.2) is 16.9 Å². The molecule has 0 aliphatic heterocycles. The Kier molecular flexibility index (Phi) is 4.03. The molecule has 0 saturated heterocycles. The van der Waals surface area contributed by atoms with Gasteiger partial charge in [-0.3, -0.25) is 9.59 Å². The maximum Gasteiger partial charge on any atom is 0.307 e. The number of ketones is 1. The molecule has 4 heteroatoms. The van der Waals surface area contributed by atoms with Crippen molar-refractivity contribution in [3.8, 4) is 0 Å². The van der Waals surface area contributed by atoms with Gasteiger partial charge in [0.15, 0.2) is 5.78 Å². The third-order valence-electron chi connectivity index (χ3n) is 1.96. The lowest BCUT2D eigenvalue weighted by Gasteiger charge is -2.03. The van der Waals surface area contributed by atoms with Crippen LogP contribution in [0.2, 0.25) is 0 Å². The van der Waals surface area contributed by atoms with Gasteiger partial charge in [0.05, 0.1) is 6.42 Å². The van der Waals surface area contributed by atoms with Crippen LogP contribution < -0.4 is 0 Å². The van der Waals surface area contributed by atoms with Gasteiger partial charge in [0, 0.05) is 16.5 Å². The molecular formula is C11H11BrO3. The van der Waals surface area contributed by atoms with Gasteiger partial charge in [-0.1, -0.05) is 22.9 Å². The molecule has 0 bridgehead atoms. The molecule has 0 atom stereocenters. The Hall–Kier alpha value is -1.16. The molecule has 0 amide bonds. The Labute approximate surface area is 96.2 Å². The molecule has 0 heterocycles. The first-order chi connectivity index (χ1) is 7.02. The number of carbonyl (C=O) groups excluding carboxylic acids is 1. The van der Waals surface area contributed by atoms with E-state index in [0.717, 1.165) is 4.47 Å². The van der Waals surface area contributed by atoms with Gasteiger partial charge in [-0.2, -0.15) is 0 Å². The van der Waals surface area contributed by atoms with Crippen molar-refractivity contribution >= 4 is 27.7 Å². The standard InChI is InChI=1S/C11H11BrO3/c1-2-10(13)8-3-7(5-11(14)15)4-9(12)6-8/h3-4,6H,2,5H2,1H3,(H,14,15). The molecule has 0 fully saturated rings. The summed E-state index contributed by atoms with van der Waals surface area (Å²) < 4.78 is 0.734. The highest BCUT2D eigenvalue weighted by atomic mass is 79.9. The van der Waals surface area contributed by atoms with Crippen LogP contribution >= 0.6 is 15.9 Å². The van der Waals surface area contributed by atoms with Gasteiger partial charge < -0.3 is 5.11 Å². The molecule has 80 valence electrons. The second-order valence-electron chi connectivity index (χ2n) is 3.20. The minimum atomic E-state index is -0.900. The first-order valence-corrected chi connectivity index (χ1v) is 5.36. The third-order valence-corrected chi connectivity index (χ3v) is 2.41. The summed E-state index contributed by atoms with van der Waals surface area (Å²) in [4.78, 5) is 22.0. The quantitative estimate of drug-likeness (QED) is 0.856. The molecule has 0 aliphatic rings. The predicted octanol–water partition coefficient (Wildman–Crippen LogP) is 2.67. The van der Waals surface area contributed by atoms with E-state index in [-0.39, 0.29) is 12.2 Å². The topological polar surface area (TPSA) is 54.4 Å². The molecule has 0 aliphatic carbocycles. The van der Waals surface area contributed by atoms with Crippen molar-refractivity contribution in [3.63, 3.8) is 0 Å². The molecular weight excluding hydrogens is 260 g/mol. The van der Waals surface area contributed by atoms with Crippen molar-refractivity contribution in [3.05, 3.63) is 33.8 Å². The van der Waals surface area contributed by atoms with Crippen molar-refractivity contribution in [2.45, 2.75) is 19.8 Å². The molecule has 0 saturated carbocycles. The zero-order valence-corrected chi connectivity index (χ0v) is 9.87. The molecule has 1 N–H and O–H groups in total. The third kappa shape index (κ3) is 3.47. The Morgan fingerprint density at radius 3 is 2.53 bits per heavy atom. The van der Waals surface area contributed by atoms with Crippen LogP contribution in [0, 0.1) is 0 Å². The minimum Gasteiger partial charge on any atom is -0.481 e. The van der Waals surface area contributed by atoms with Gasteiger partial charge in [0.2, 0.25) is 0 Å². The van der Waals surface area contributed by atoms with Crippen LogP contribution in [-0.2, 0) is 11.2 Å². The summed E-state index contributed by atoms with van der Waals surface area (Å²) in [5.41, 5.74) is 1.19. The lowest BCUT2D eigenvalue weighted by molar-refractivity contribution is -0.136. The smallest absolute Gasteiger partial charge is 0.307 e. The second kappa shape index (κ2) is 5.07. The summed E-state index contributed by atoms with van der Waals surface area (Å²) >= 11 is 3.26.